The average molecular weight is 218 g/mol. The van der Waals surface area contributed by atoms with Crippen molar-refractivity contribution in [2.24, 2.45) is 0 Å². The first-order chi connectivity index (χ1) is 7.01. The molecule has 0 rings (SSSR count). The molecule has 0 radical (unpaired) electrons. The van der Waals surface area contributed by atoms with Gasteiger partial charge in [0.25, 0.3) is 0 Å². The summed E-state index contributed by atoms with van der Waals surface area (Å²) in [5, 5.41) is 13.2. The maximum atomic E-state index is 11.0. The topological polar surface area (TPSA) is 105 Å². The molecule has 0 aromatic carbocycles. The van der Waals surface area contributed by atoms with E-state index in [-0.39, 0.29) is 0 Å². The zero-order valence-corrected chi connectivity index (χ0v) is 8.57. The number of ether oxygens (including phenoxy) is 1. The Labute approximate surface area is 86.8 Å². The largest absolute Gasteiger partial charge is 0.480 e. The molecular formula is C8H14N2O5. The number of amides is 2. The van der Waals surface area contributed by atoms with Crippen LogP contribution in [0.3, 0.4) is 0 Å². The van der Waals surface area contributed by atoms with Gasteiger partial charge >= 0.3 is 18.0 Å². The SMILES string of the molecule is CCNC(=O)N[C@@H](CC(=O)OC)C(=O)O. The van der Waals surface area contributed by atoms with Gasteiger partial charge in [0.05, 0.1) is 13.5 Å². The maximum absolute atomic E-state index is 11.0. The minimum Gasteiger partial charge on any atom is -0.480 e. The Morgan fingerprint density at radius 1 is 1.40 bits per heavy atom. The van der Waals surface area contributed by atoms with Gasteiger partial charge in [-0.1, -0.05) is 0 Å². The Kier molecular flexibility index (Phi) is 5.84. The molecule has 0 spiro atoms. The lowest BCUT2D eigenvalue weighted by Gasteiger charge is -2.13. The summed E-state index contributed by atoms with van der Waals surface area (Å²) < 4.78 is 4.30. The third-order valence-corrected chi connectivity index (χ3v) is 1.54. The summed E-state index contributed by atoms with van der Waals surface area (Å²) in [6, 6.07) is -1.90. The third-order valence-electron chi connectivity index (χ3n) is 1.54. The van der Waals surface area contributed by atoms with Crippen LogP contribution in [0.4, 0.5) is 4.79 Å². The number of rotatable bonds is 5. The van der Waals surface area contributed by atoms with E-state index in [2.05, 4.69) is 15.4 Å². The van der Waals surface area contributed by atoms with Crippen molar-refractivity contribution in [3.8, 4) is 0 Å². The van der Waals surface area contributed by atoms with Gasteiger partial charge in [0.15, 0.2) is 0 Å². The summed E-state index contributed by atoms with van der Waals surface area (Å²) in [6.45, 7) is 2.06. The Balaban J connectivity index is 4.22. The highest BCUT2D eigenvalue weighted by Gasteiger charge is 2.23. The summed E-state index contributed by atoms with van der Waals surface area (Å²) in [7, 11) is 1.15. The highest BCUT2D eigenvalue weighted by molar-refractivity contribution is 5.86. The van der Waals surface area contributed by atoms with Crippen molar-refractivity contribution in [2.75, 3.05) is 13.7 Å². The summed E-state index contributed by atoms with van der Waals surface area (Å²) >= 11 is 0. The molecule has 1 atom stereocenters. The first kappa shape index (κ1) is 13.2. The van der Waals surface area contributed by atoms with Crippen LogP contribution in [0, 0.1) is 0 Å². The molecule has 0 fully saturated rings. The molecule has 0 unspecified atom stereocenters. The van der Waals surface area contributed by atoms with Crippen molar-refractivity contribution in [1.82, 2.24) is 10.6 Å². The number of aliphatic carboxylic acids is 1. The summed E-state index contributed by atoms with van der Waals surface area (Å²) in [6.07, 6.45) is -0.400. The van der Waals surface area contributed by atoms with E-state index in [1.165, 1.54) is 0 Å². The summed E-state index contributed by atoms with van der Waals surface area (Å²) in [4.78, 5) is 32.4. The first-order valence-corrected chi connectivity index (χ1v) is 4.35. The standard InChI is InChI=1S/C8H14N2O5/c1-3-9-8(14)10-5(7(12)13)4-6(11)15-2/h5H,3-4H2,1-2H3,(H,12,13)(H2,9,10,14)/t5-/m0/s1. The van der Waals surface area contributed by atoms with Crippen molar-refractivity contribution < 1.29 is 24.2 Å². The maximum Gasteiger partial charge on any atom is 0.326 e. The van der Waals surface area contributed by atoms with Gasteiger partial charge in [0.2, 0.25) is 0 Å². The molecule has 0 aliphatic rings. The minimum absolute atomic E-state index is 0.371. The second-order valence-corrected chi connectivity index (χ2v) is 2.67. The van der Waals surface area contributed by atoms with Crippen LogP contribution in [-0.2, 0) is 14.3 Å². The lowest BCUT2D eigenvalue weighted by molar-refractivity contribution is -0.147. The van der Waals surface area contributed by atoms with Crippen LogP contribution in [-0.4, -0.2) is 42.8 Å². The van der Waals surface area contributed by atoms with E-state index in [4.69, 9.17) is 5.11 Å². The number of urea groups is 1. The van der Waals surface area contributed by atoms with Crippen LogP contribution >= 0.6 is 0 Å². The van der Waals surface area contributed by atoms with Crippen LogP contribution < -0.4 is 10.6 Å². The molecule has 0 aliphatic carbocycles. The molecule has 7 heteroatoms. The van der Waals surface area contributed by atoms with Gasteiger partial charge in [-0.25, -0.2) is 9.59 Å². The lowest BCUT2D eigenvalue weighted by Crippen LogP contribution is -2.47. The van der Waals surface area contributed by atoms with E-state index in [1.807, 2.05) is 0 Å². The number of carbonyl (C=O) groups excluding carboxylic acids is 2. The molecular weight excluding hydrogens is 204 g/mol. The number of carbonyl (C=O) groups is 3. The fourth-order valence-corrected chi connectivity index (χ4v) is 0.820. The molecule has 0 heterocycles. The Bertz CT molecular complexity index is 253. The molecule has 15 heavy (non-hydrogen) atoms. The predicted molar refractivity (Wildman–Crippen MR) is 50.3 cm³/mol. The molecule has 0 saturated carbocycles. The first-order valence-electron chi connectivity index (χ1n) is 4.35. The number of carboxylic acid groups (broad SMARTS) is 1. The van der Waals surface area contributed by atoms with Crippen LogP contribution in [0.5, 0.6) is 0 Å². The molecule has 7 nitrogen and oxygen atoms in total. The summed E-state index contributed by atoms with van der Waals surface area (Å²) in [5.74, 6) is -1.98. The molecule has 0 aromatic heterocycles. The lowest BCUT2D eigenvalue weighted by atomic mass is 10.2. The van der Waals surface area contributed by atoms with Crippen molar-refractivity contribution in [3.05, 3.63) is 0 Å². The van der Waals surface area contributed by atoms with E-state index in [9.17, 15) is 14.4 Å². The molecule has 0 bridgehead atoms. The summed E-state index contributed by atoms with van der Waals surface area (Å²) in [5.41, 5.74) is 0. The Morgan fingerprint density at radius 2 is 2.00 bits per heavy atom. The van der Waals surface area contributed by atoms with Crippen molar-refractivity contribution in [2.45, 2.75) is 19.4 Å². The van der Waals surface area contributed by atoms with Gasteiger partial charge in [-0.3, -0.25) is 4.79 Å². The molecule has 0 saturated heterocycles. The molecule has 0 aromatic rings. The molecule has 86 valence electrons. The number of hydrogen-bond acceptors (Lipinski definition) is 4. The van der Waals surface area contributed by atoms with Crippen LogP contribution in [0.1, 0.15) is 13.3 Å². The van der Waals surface area contributed by atoms with Gasteiger partial charge in [-0.2, -0.15) is 0 Å². The number of carboxylic acids is 1. The monoisotopic (exact) mass is 218 g/mol. The number of hydrogen-bond donors (Lipinski definition) is 3. The fourth-order valence-electron chi connectivity index (χ4n) is 0.820. The van der Waals surface area contributed by atoms with Gasteiger partial charge in [-0.15, -0.1) is 0 Å². The minimum atomic E-state index is -1.29. The van der Waals surface area contributed by atoms with Crippen LogP contribution in [0.25, 0.3) is 0 Å². The van der Waals surface area contributed by atoms with Crippen molar-refractivity contribution in [3.63, 3.8) is 0 Å². The third kappa shape index (κ3) is 5.50. The van der Waals surface area contributed by atoms with E-state index in [0.29, 0.717) is 6.54 Å². The highest BCUT2D eigenvalue weighted by atomic mass is 16.5. The smallest absolute Gasteiger partial charge is 0.326 e. The highest BCUT2D eigenvalue weighted by Crippen LogP contribution is 1.94. The van der Waals surface area contributed by atoms with E-state index in [1.54, 1.807) is 6.92 Å². The van der Waals surface area contributed by atoms with Crippen molar-refractivity contribution in [1.29, 1.82) is 0 Å². The number of methoxy groups -OCH3 is 1. The van der Waals surface area contributed by atoms with Gasteiger partial charge < -0.3 is 20.5 Å². The van der Waals surface area contributed by atoms with E-state index >= 15 is 0 Å². The van der Waals surface area contributed by atoms with Crippen LogP contribution in [0.15, 0.2) is 0 Å². The quantitative estimate of drug-likeness (QED) is 0.530. The normalized spacial score (nSPS) is 11.3. The molecule has 0 aliphatic heterocycles. The van der Waals surface area contributed by atoms with E-state index in [0.717, 1.165) is 7.11 Å². The van der Waals surface area contributed by atoms with Gasteiger partial charge in [0.1, 0.15) is 6.04 Å². The predicted octanol–water partition coefficient (Wildman–Crippen LogP) is -0.678. The zero-order chi connectivity index (χ0) is 11.8. The Hall–Kier alpha value is -1.79. The van der Waals surface area contributed by atoms with E-state index < -0.39 is 30.4 Å². The average Bonchev–Trinajstić information content (AvgIpc) is 2.16. The van der Waals surface area contributed by atoms with Gasteiger partial charge in [0, 0.05) is 6.54 Å². The second-order valence-electron chi connectivity index (χ2n) is 2.67. The Morgan fingerprint density at radius 3 is 2.40 bits per heavy atom. The zero-order valence-electron chi connectivity index (χ0n) is 8.57. The molecule has 2 amide bonds. The second kappa shape index (κ2) is 6.63. The molecule has 3 N–H and O–H groups in total. The number of esters is 1. The number of nitrogens with one attached hydrogen (secondary N) is 2. The van der Waals surface area contributed by atoms with Gasteiger partial charge in [-0.05, 0) is 6.92 Å². The fraction of sp³-hybridized carbons (Fsp3) is 0.625. The van der Waals surface area contributed by atoms with Crippen molar-refractivity contribution >= 4 is 18.0 Å². The van der Waals surface area contributed by atoms with Crippen LogP contribution in [0.2, 0.25) is 0 Å².